The lowest BCUT2D eigenvalue weighted by Crippen LogP contribution is -1.96. The Labute approximate surface area is 128 Å². The van der Waals surface area contributed by atoms with Crippen molar-refractivity contribution in [2.45, 2.75) is 0 Å². The van der Waals surface area contributed by atoms with Crippen LogP contribution in [0.15, 0.2) is 54.9 Å². The predicted molar refractivity (Wildman–Crippen MR) is 92.8 cm³/mol. The van der Waals surface area contributed by atoms with Gasteiger partial charge in [-0.2, -0.15) is 0 Å². The molecule has 0 atom stereocenters. The first-order valence-corrected chi connectivity index (χ1v) is 6.81. The lowest BCUT2D eigenvalue weighted by Gasteiger charge is -2.12. The second-order valence-electron chi connectivity index (χ2n) is 5.11. The van der Waals surface area contributed by atoms with Crippen LogP contribution in [0.2, 0.25) is 0 Å². The molecule has 0 unspecified atom stereocenters. The van der Waals surface area contributed by atoms with E-state index in [0.717, 1.165) is 22.3 Å². The van der Waals surface area contributed by atoms with Crippen molar-refractivity contribution in [3.05, 3.63) is 54.9 Å². The van der Waals surface area contributed by atoms with Gasteiger partial charge in [-0.25, -0.2) is 0 Å². The van der Waals surface area contributed by atoms with Gasteiger partial charge in [0.2, 0.25) is 0 Å². The number of anilines is 4. The molecule has 0 saturated carbocycles. The number of hydrogen-bond donors (Lipinski definition) is 4. The summed E-state index contributed by atoms with van der Waals surface area (Å²) in [5.74, 6) is 0. The third kappa shape index (κ3) is 2.40. The normalized spacial score (nSPS) is 10.5. The van der Waals surface area contributed by atoms with Crippen molar-refractivity contribution in [3.63, 3.8) is 0 Å². The van der Waals surface area contributed by atoms with Crippen LogP contribution in [-0.4, -0.2) is 4.98 Å². The smallest absolute Gasteiger partial charge is 0.0554 e. The van der Waals surface area contributed by atoms with Gasteiger partial charge >= 0.3 is 0 Å². The second kappa shape index (κ2) is 5.29. The summed E-state index contributed by atoms with van der Waals surface area (Å²) < 4.78 is 0. The molecule has 1 aromatic heterocycles. The Morgan fingerprint density at radius 2 is 1.14 bits per heavy atom. The molecule has 2 aromatic carbocycles. The minimum atomic E-state index is 0.545. The van der Waals surface area contributed by atoms with Crippen molar-refractivity contribution < 1.29 is 0 Å². The molecule has 0 aliphatic rings. The predicted octanol–water partition coefficient (Wildman–Crippen LogP) is 2.74. The van der Waals surface area contributed by atoms with Crippen LogP contribution in [0.1, 0.15) is 0 Å². The number of nitrogen functional groups attached to an aromatic ring is 4. The van der Waals surface area contributed by atoms with Crippen LogP contribution in [0.4, 0.5) is 22.7 Å². The van der Waals surface area contributed by atoms with E-state index in [2.05, 4.69) is 4.98 Å². The fourth-order valence-electron chi connectivity index (χ4n) is 2.36. The topological polar surface area (TPSA) is 117 Å². The van der Waals surface area contributed by atoms with Crippen molar-refractivity contribution in [2.24, 2.45) is 0 Å². The molecule has 5 heteroatoms. The first-order chi connectivity index (χ1) is 10.6. The van der Waals surface area contributed by atoms with Crippen LogP contribution in [0.5, 0.6) is 0 Å². The second-order valence-corrected chi connectivity index (χ2v) is 5.11. The number of nitrogens with zero attached hydrogens (tertiary/aromatic N) is 1. The van der Waals surface area contributed by atoms with Crippen LogP contribution >= 0.6 is 0 Å². The minimum Gasteiger partial charge on any atom is -0.397 e. The summed E-state index contributed by atoms with van der Waals surface area (Å²) in [6, 6.07) is 13.1. The third-order valence-electron chi connectivity index (χ3n) is 3.62. The third-order valence-corrected chi connectivity index (χ3v) is 3.62. The molecular formula is C17H17N5. The van der Waals surface area contributed by atoms with E-state index >= 15 is 0 Å². The van der Waals surface area contributed by atoms with E-state index in [9.17, 15) is 0 Å². The molecule has 0 bridgehead atoms. The Bertz CT molecular complexity index is 772. The van der Waals surface area contributed by atoms with Crippen LogP contribution in [0, 0.1) is 0 Å². The summed E-state index contributed by atoms with van der Waals surface area (Å²) in [6.45, 7) is 0. The van der Waals surface area contributed by atoms with Crippen molar-refractivity contribution in [1.82, 2.24) is 4.98 Å². The van der Waals surface area contributed by atoms with E-state index in [-0.39, 0.29) is 0 Å². The molecule has 0 radical (unpaired) electrons. The average molecular weight is 291 g/mol. The molecular weight excluding hydrogens is 274 g/mol. The zero-order chi connectivity index (χ0) is 15.7. The lowest BCUT2D eigenvalue weighted by atomic mass is 9.95. The largest absolute Gasteiger partial charge is 0.397 e. The molecule has 1 heterocycles. The minimum absolute atomic E-state index is 0.545. The molecule has 3 aromatic rings. The number of benzene rings is 2. The van der Waals surface area contributed by atoms with Gasteiger partial charge < -0.3 is 22.9 Å². The number of rotatable bonds is 2. The van der Waals surface area contributed by atoms with Crippen molar-refractivity contribution in [1.29, 1.82) is 0 Å². The van der Waals surface area contributed by atoms with Gasteiger partial charge in [0.1, 0.15) is 0 Å². The molecule has 22 heavy (non-hydrogen) atoms. The molecule has 3 rings (SSSR count). The number of aromatic nitrogens is 1. The van der Waals surface area contributed by atoms with Gasteiger partial charge in [0.05, 0.1) is 22.7 Å². The molecule has 0 fully saturated rings. The Kier molecular flexibility index (Phi) is 3.31. The fraction of sp³-hybridized carbons (Fsp3) is 0. The molecule has 110 valence electrons. The first kappa shape index (κ1) is 13.8. The fourth-order valence-corrected chi connectivity index (χ4v) is 2.36. The zero-order valence-electron chi connectivity index (χ0n) is 12.0. The van der Waals surface area contributed by atoms with Crippen LogP contribution in [0.25, 0.3) is 22.3 Å². The van der Waals surface area contributed by atoms with E-state index in [1.807, 2.05) is 30.3 Å². The van der Waals surface area contributed by atoms with E-state index in [1.165, 1.54) is 0 Å². The summed E-state index contributed by atoms with van der Waals surface area (Å²) in [6.07, 6.45) is 3.54. The Balaban J connectivity index is 2.17. The lowest BCUT2D eigenvalue weighted by molar-refractivity contribution is 1.33. The summed E-state index contributed by atoms with van der Waals surface area (Å²) >= 11 is 0. The standard InChI is InChI=1S/C17H17N5/c18-14-3-1-10(7-16(14)20)12-5-6-22-9-13(12)11-2-4-15(19)17(21)8-11/h1-9H,18-21H2. The van der Waals surface area contributed by atoms with Crippen molar-refractivity contribution in [2.75, 3.05) is 22.9 Å². The van der Waals surface area contributed by atoms with Crippen LogP contribution in [-0.2, 0) is 0 Å². The Morgan fingerprint density at radius 3 is 1.68 bits per heavy atom. The first-order valence-electron chi connectivity index (χ1n) is 6.81. The number of pyridine rings is 1. The van der Waals surface area contributed by atoms with Gasteiger partial charge in [-0.05, 0) is 47.0 Å². The summed E-state index contributed by atoms with van der Waals surface area (Å²) in [4.78, 5) is 4.21. The average Bonchev–Trinajstić information content (AvgIpc) is 2.53. The summed E-state index contributed by atoms with van der Waals surface area (Å²) in [7, 11) is 0. The highest BCUT2D eigenvalue weighted by molar-refractivity contribution is 5.87. The zero-order valence-corrected chi connectivity index (χ0v) is 12.0. The van der Waals surface area contributed by atoms with Crippen molar-refractivity contribution in [3.8, 4) is 22.3 Å². The van der Waals surface area contributed by atoms with Gasteiger partial charge in [0.15, 0.2) is 0 Å². The molecule has 0 amide bonds. The highest BCUT2D eigenvalue weighted by Gasteiger charge is 2.09. The maximum Gasteiger partial charge on any atom is 0.0554 e. The number of hydrogen-bond acceptors (Lipinski definition) is 5. The summed E-state index contributed by atoms with van der Waals surface area (Å²) in [5, 5.41) is 0. The number of nitrogens with two attached hydrogens (primary N) is 4. The quantitative estimate of drug-likeness (QED) is 0.541. The van der Waals surface area contributed by atoms with Crippen molar-refractivity contribution >= 4 is 22.7 Å². The monoisotopic (exact) mass is 291 g/mol. The highest BCUT2D eigenvalue weighted by Crippen LogP contribution is 2.34. The molecule has 5 nitrogen and oxygen atoms in total. The Hall–Kier alpha value is -3.21. The van der Waals surface area contributed by atoms with E-state index in [1.54, 1.807) is 24.5 Å². The van der Waals surface area contributed by atoms with Gasteiger partial charge in [0, 0.05) is 18.0 Å². The van der Waals surface area contributed by atoms with Crippen LogP contribution < -0.4 is 22.9 Å². The molecule has 0 aliphatic carbocycles. The van der Waals surface area contributed by atoms with Gasteiger partial charge in [-0.15, -0.1) is 0 Å². The molecule has 0 saturated heterocycles. The maximum absolute atomic E-state index is 5.91. The summed E-state index contributed by atoms with van der Waals surface area (Å²) in [5.41, 5.74) is 29.5. The van der Waals surface area contributed by atoms with Gasteiger partial charge in [-0.1, -0.05) is 12.1 Å². The van der Waals surface area contributed by atoms with Gasteiger partial charge in [-0.3, -0.25) is 4.98 Å². The molecule has 8 N–H and O–H groups in total. The Morgan fingerprint density at radius 1 is 0.591 bits per heavy atom. The van der Waals surface area contributed by atoms with Gasteiger partial charge in [0.25, 0.3) is 0 Å². The highest BCUT2D eigenvalue weighted by atomic mass is 14.7. The van der Waals surface area contributed by atoms with E-state index in [0.29, 0.717) is 22.7 Å². The maximum atomic E-state index is 5.91. The van der Waals surface area contributed by atoms with Crippen LogP contribution in [0.3, 0.4) is 0 Å². The van der Waals surface area contributed by atoms with E-state index in [4.69, 9.17) is 22.9 Å². The van der Waals surface area contributed by atoms with E-state index < -0.39 is 0 Å². The molecule has 0 spiro atoms. The molecule has 0 aliphatic heterocycles. The SMILES string of the molecule is Nc1ccc(-c2ccncc2-c2ccc(N)c(N)c2)cc1N.